The minimum atomic E-state index is -1.12. The number of hydrogen-bond donors (Lipinski definition) is 1. The van der Waals surface area contributed by atoms with Crippen molar-refractivity contribution in [1.29, 1.82) is 0 Å². The molecule has 37 heavy (non-hydrogen) atoms. The molecule has 0 aliphatic carbocycles. The predicted molar refractivity (Wildman–Crippen MR) is 125 cm³/mol. The van der Waals surface area contributed by atoms with E-state index >= 15 is 0 Å². The van der Waals surface area contributed by atoms with Gasteiger partial charge in [0, 0.05) is 27.3 Å². The molecule has 206 valence electrons. The third kappa shape index (κ3) is 8.55. The van der Waals surface area contributed by atoms with Crippen LogP contribution in [0.5, 0.6) is 0 Å². The van der Waals surface area contributed by atoms with Gasteiger partial charge in [0.25, 0.3) is 0 Å². The lowest BCUT2D eigenvalue weighted by molar-refractivity contribution is -0.242. The van der Waals surface area contributed by atoms with Crippen LogP contribution in [0.1, 0.15) is 47.0 Å². The minimum absolute atomic E-state index is 0.0742. The standard InChI is InChI=1S/C24H34N2O11/c1-13-21(35-14(2)27)23(37-16(4)29)22(36-15(3)28)18(34-13)9-6-10-19(30)25-12-20(31)26-11-7-8-17(26)24(32)33-5/h6,10,13,17-18,21-23H,7-9,11-12H2,1-5H3,(H,25,30)/b10-6+/t13-,17-,18-,21+,22+,23+/m0/s1. The van der Waals surface area contributed by atoms with E-state index in [-0.39, 0.29) is 13.0 Å². The molecule has 1 N–H and O–H groups in total. The summed E-state index contributed by atoms with van der Waals surface area (Å²) >= 11 is 0. The molecule has 0 unspecified atom stereocenters. The molecule has 0 aromatic heterocycles. The van der Waals surface area contributed by atoms with E-state index in [0.717, 1.165) is 0 Å². The molecule has 2 amide bonds. The molecule has 2 saturated heterocycles. The number of rotatable bonds is 9. The van der Waals surface area contributed by atoms with Gasteiger partial charge in [-0.2, -0.15) is 0 Å². The Labute approximate surface area is 214 Å². The van der Waals surface area contributed by atoms with E-state index < -0.39 is 72.3 Å². The van der Waals surface area contributed by atoms with Crippen molar-refractivity contribution >= 4 is 35.7 Å². The maximum Gasteiger partial charge on any atom is 0.328 e. The molecule has 0 saturated carbocycles. The van der Waals surface area contributed by atoms with Crippen LogP contribution in [0, 0.1) is 0 Å². The Morgan fingerprint density at radius 3 is 2.14 bits per heavy atom. The summed E-state index contributed by atoms with van der Waals surface area (Å²) in [5.74, 6) is -3.43. The van der Waals surface area contributed by atoms with Crippen LogP contribution in [0.4, 0.5) is 0 Å². The molecule has 2 rings (SSSR count). The van der Waals surface area contributed by atoms with Gasteiger partial charge in [-0.15, -0.1) is 0 Å². The summed E-state index contributed by atoms with van der Waals surface area (Å²) < 4.78 is 26.6. The molecule has 0 spiro atoms. The molecule has 13 heteroatoms. The number of nitrogens with one attached hydrogen (secondary N) is 1. The Balaban J connectivity index is 2.02. The predicted octanol–water partition coefficient (Wildman–Crippen LogP) is -0.205. The lowest BCUT2D eigenvalue weighted by Gasteiger charge is -2.43. The minimum Gasteiger partial charge on any atom is -0.467 e. The SMILES string of the molecule is COC(=O)[C@@H]1CCCN1C(=O)CNC(=O)/C=C/C[C@@H]1O[C@@H](C)[C@@H](OC(C)=O)[C@@H](OC(C)=O)[C@@H]1OC(C)=O. The first-order chi connectivity index (χ1) is 17.4. The Hall–Kier alpha value is -3.48. The van der Waals surface area contributed by atoms with Gasteiger partial charge in [0.15, 0.2) is 18.3 Å². The normalized spacial score (nSPS) is 27.3. The first-order valence-electron chi connectivity index (χ1n) is 11.9. The zero-order chi connectivity index (χ0) is 27.7. The van der Waals surface area contributed by atoms with Gasteiger partial charge in [-0.1, -0.05) is 6.08 Å². The maximum atomic E-state index is 12.4. The summed E-state index contributed by atoms with van der Waals surface area (Å²) in [4.78, 5) is 73.0. The zero-order valence-corrected chi connectivity index (χ0v) is 21.6. The molecule has 2 heterocycles. The molecule has 2 aliphatic heterocycles. The third-order valence-electron chi connectivity index (χ3n) is 5.87. The van der Waals surface area contributed by atoms with Crippen LogP contribution < -0.4 is 5.32 Å². The Morgan fingerprint density at radius 2 is 1.54 bits per heavy atom. The van der Waals surface area contributed by atoms with E-state index in [1.807, 2.05) is 0 Å². The van der Waals surface area contributed by atoms with Gasteiger partial charge in [0.05, 0.1) is 19.8 Å². The fourth-order valence-electron chi connectivity index (χ4n) is 4.38. The third-order valence-corrected chi connectivity index (χ3v) is 5.87. The fourth-order valence-corrected chi connectivity index (χ4v) is 4.38. The van der Waals surface area contributed by atoms with E-state index in [1.165, 1.54) is 44.9 Å². The number of carbonyl (C=O) groups excluding carboxylic acids is 6. The van der Waals surface area contributed by atoms with Crippen LogP contribution in [-0.2, 0) is 52.5 Å². The molecule has 13 nitrogen and oxygen atoms in total. The number of carbonyl (C=O) groups is 6. The van der Waals surface area contributed by atoms with Crippen molar-refractivity contribution in [3.05, 3.63) is 12.2 Å². The summed E-state index contributed by atoms with van der Waals surface area (Å²) in [5.41, 5.74) is 0. The van der Waals surface area contributed by atoms with E-state index in [0.29, 0.717) is 19.4 Å². The summed E-state index contributed by atoms with van der Waals surface area (Å²) in [5, 5.41) is 2.47. The first-order valence-corrected chi connectivity index (χ1v) is 11.9. The lowest BCUT2D eigenvalue weighted by Crippen LogP contribution is -2.60. The van der Waals surface area contributed by atoms with E-state index in [4.69, 9.17) is 23.7 Å². The average molecular weight is 527 g/mol. The van der Waals surface area contributed by atoms with Crippen LogP contribution in [0.3, 0.4) is 0 Å². The number of ether oxygens (including phenoxy) is 5. The molecule has 0 bridgehead atoms. The van der Waals surface area contributed by atoms with Crippen molar-refractivity contribution in [3.63, 3.8) is 0 Å². The van der Waals surface area contributed by atoms with Crippen LogP contribution in [0.15, 0.2) is 12.2 Å². The number of methoxy groups -OCH3 is 1. The number of hydrogen-bond acceptors (Lipinski definition) is 11. The largest absolute Gasteiger partial charge is 0.467 e. The van der Waals surface area contributed by atoms with Crippen LogP contribution in [-0.4, -0.2) is 97.4 Å². The molecule has 6 atom stereocenters. The van der Waals surface area contributed by atoms with Gasteiger partial charge in [-0.05, 0) is 32.3 Å². The molecular weight excluding hydrogens is 492 g/mol. The summed E-state index contributed by atoms with van der Waals surface area (Å²) in [6.07, 6.45) is -0.907. The number of esters is 4. The second-order valence-electron chi connectivity index (χ2n) is 8.73. The van der Waals surface area contributed by atoms with Crippen molar-refractivity contribution in [1.82, 2.24) is 10.2 Å². The smallest absolute Gasteiger partial charge is 0.328 e. The molecule has 0 aromatic carbocycles. The second kappa shape index (κ2) is 13.7. The van der Waals surface area contributed by atoms with Crippen molar-refractivity contribution in [2.75, 3.05) is 20.2 Å². The molecule has 0 radical (unpaired) electrons. The number of likely N-dealkylation sites (tertiary alicyclic amines) is 1. The molecule has 2 fully saturated rings. The van der Waals surface area contributed by atoms with Gasteiger partial charge in [-0.25, -0.2) is 4.79 Å². The zero-order valence-electron chi connectivity index (χ0n) is 21.6. The molecule has 2 aliphatic rings. The summed E-state index contributed by atoms with van der Waals surface area (Å²) in [6, 6.07) is -0.658. The van der Waals surface area contributed by atoms with Gasteiger partial charge >= 0.3 is 23.9 Å². The van der Waals surface area contributed by atoms with E-state index in [2.05, 4.69) is 5.32 Å². The van der Waals surface area contributed by atoms with Gasteiger partial charge in [-0.3, -0.25) is 24.0 Å². The van der Waals surface area contributed by atoms with E-state index in [1.54, 1.807) is 6.92 Å². The van der Waals surface area contributed by atoms with E-state index in [9.17, 15) is 28.8 Å². The fraction of sp³-hybridized carbons (Fsp3) is 0.667. The average Bonchev–Trinajstić information content (AvgIpc) is 3.31. The van der Waals surface area contributed by atoms with Gasteiger partial charge in [0.2, 0.25) is 11.8 Å². The Bertz CT molecular complexity index is 918. The second-order valence-corrected chi connectivity index (χ2v) is 8.73. The lowest BCUT2D eigenvalue weighted by atomic mass is 9.93. The maximum absolute atomic E-state index is 12.4. The monoisotopic (exact) mass is 526 g/mol. The molecular formula is C24H34N2O11. The Kier molecular flexibility index (Phi) is 11.0. The topological polar surface area (TPSA) is 164 Å². The highest BCUT2D eigenvalue weighted by atomic mass is 16.6. The van der Waals surface area contributed by atoms with Crippen LogP contribution in [0.2, 0.25) is 0 Å². The highest BCUT2D eigenvalue weighted by molar-refractivity contribution is 5.92. The molecule has 0 aromatic rings. The van der Waals surface area contributed by atoms with Crippen molar-refractivity contribution in [2.24, 2.45) is 0 Å². The summed E-state index contributed by atoms with van der Waals surface area (Å²) in [7, 11) is 1.25. The van der Waals surface area contributed by atoms with Crippen LogP contribution >= 0.6 is 0 Å². The first kappa shape index (κ1) is 29.7. The highest BCUT2D eigenvalue weighted by Crippen LogP contribution is 2.30. The van der Waals surface area contributed by atoms with Crippen molar-refractivity contribution in [3.8, 4) is 0 Å². The number of amides is 2. The van der Waals surface area contributed by atoms with Crippen molar-refractivity contribution < 1.29 is 52.5 Å². The van der Waals surface area contributed by atoms with Gasteiger partial charge in [0.1, 0.15) is 12.1 Å². The number of nitrogens with zero attached hydrogens (tertiary/aromatic N) is 1. The van der Waals surface area contributed by atoms with Gasteiger partial charge < -0.3 is 33.9 Å². The van der Waals surface area contributed by atoms with Crippen LogP contribution in [0.25, 0.3) is 0 Å². The summed E-state index contributed by atoms with van der Waals surface area (Å²) in [6.45, 7) is 5.25. The quantitative estimate of drug-likeness (QED) is 0.240. The van der Waals surface area contributed by atoms with Crippen molar-refractivity contribution in [2.45, 2.75) is 83.5 Å². The Morgan fingerprint density at radius 1 is 0.946 bits per heavy atom. The highest BCUT2D eigenvalue weighted by Gasteiger charge is 2.49.